The monoisotopic (exact) mass is 349 g/mol. The van der Waals surface area contributed by atoms with Gasteiger partial charge in [-0.25, -0.2) is 0 Å². The van der Waals surface area contributed by atoms with E-state index in [0.29, 0.717) is 18.5 Å². The lowest BCUT2D eigenvalue weighted by Crippen LogP contribution is -2.38. The van der Waals surface area contributed by atoms with Crippen molar-refractivity contribution in [3.63, 3.8) is 0 Å². The van der Waals surface area contributed by atoms with Crippen molar-refractivity contribution in [2.75, 3.05) is 11.4 Å². The van der Waals surface area contributed by atoms with Crippen molar-refractivity contribution in [1.29, 1.82) is 0 Å². The summed E-state index contributed by atoms with van der Waals surface area (Å²) in [7, 11) is 0. The van der Waals surface area contributed by atoms with E-state index in [9.17, 15) is 18.0 Å². The molecule has 2 heterocycles. The van der Waals surface area contributed by atoms with Gasteiger partial charge >= 0.3 is 6.18 Å². The number of halogens is 3. The smallest absolute Gasteiger partial charge is 0.356 e. The summed E-state index contributed by atoms with van der Waals surface area (Å²) in [6, 6.07) is 11.6. The van der Waals surface area contributed by atoms with Gasteiger partial charge in [0, 0.05) is 16.2 Å². The number of benzene rings is 2. The van der Waals surface area contributed by atoms with E-state index in [1.807, 2.05) is 29.2 Å². The van der Waals surface area contributed by atoms with Crippen molar-refractivity contribution in [2.45, 2.75) is 34.9 Å². The Labute approximate surface area is 141 Å². The average Bonchev–Trinajstić information content (AvgIpc) is 2.67. The van der Waals surface area contributed by atoms with Crippen LogP contribution in [0.3, 0.4) is 0 Å². The first-order valence-corrected chi connectivity index (χ1v) is 8.51. The number of hydrogen-bond acceptors (Lipinski definition) is 3. The summed E-state index contributed by atoms with van der Waals surface area (Å²) in [4.78, 5) is 15.6. The molecular weight excluding hydrogens is 335 g/mol. The molecule has 1 fully saturated rings. The largest absolute Gasteiger partial charge is 0.416 e. The van der Waals surface area contributed by atoms with Crippen LogP contribution in [0.1, 0.15) is 30.0 Å². The molecule has 2 aliphatic rings. The van der Waals surface area contributed by atoms with Gasteiger partial charge in [0.1, 0.15) is 0 Å². The zero-order chi connectivity index (χ0) is 16.9. The molecule has 1 saturated heterocycles. The summed E-state index contributed by atoms with van der Waals surface area (Å²) in [6.07, 6.45) is -3.30. The van der Waals surface area contributed by atoms with Gasteiger partial charge in [-0.1, -0.05) is 30.0 Å². The van der Waals surface area contributed by atoms with Crippen LogP contribution >= 0.6 is 11.8 Å². The van der Waals surface area contributed by atoms with Crippen LogP contribution in [0.4, 0.5) is 18.9 Å². The lowest BCUT2D eigenvalue weighted by Gasteiger charge is -2.37. The van der Waals surface area contributed by atoms with Gasteiger partial charge in [-0.15, -0.1) is 0 Å². The molecule has 0 N–H and O–H groups in total. The third-order valence-corrected chi connectivity index (χ3v) is 5.67. The van der Waals surface area contributed by atoms with Crippen molar-refractivity contribution in [2.24, 2.45) is 0 Å². The zero-order valence-electron chi connectivity index (χ0n) is 12.6. The minimum Gasteiger partial charge on any atom is -0.356 e. The van der Waals surface area contributed by atoms with Crippen molar-refractivity contribution in [3.8, 4) is 0 Å². The number of ketones is 1. The highest BCUT2D eigenvalue weighted by atomic mass is 32.2. The highest BCUT2D eigenvalue weighted by molar-refractivity contribution is 7.99. The van der Waals surface area contributed by atoms with Crippen molar-refractivity contribution >= 4 is 23.2 Å². The maximum absolute atomic E-state index is 13.1. The van der Waals surface area contributed by atoms with Crippen LogP contribution < -0.4 is 4.90 Å². The van der Waals surface area contributed by atoms with E-state index < -0.39 is 11.7 Å². The Morgan fingerprint density at radius 1 is 1.08 bits per heavy atom. The average molecular weight is 349 g/mol. The molecule has 0 bridgehead atoms. The van der Waals surface area contributed by atoms with E-state index in [1.165, 1.54) is 23.9 Å². The lowest BCUT2D eigenvalue weighted by molar-refractivity contribution is -0.137. The molecule has 24 heavy (non-hydrogen) atoms. The number of rotatable bonds is 0. The highest BCUT2D eigenvalue weighted by Crippen LogP contribution is 2.49. The minimum atomic E-state index is -4.39. The molecule has 1 unspecified atom stereocenters. The van der Waals surface area contributed by atoms with Gasteiger partial charge in [0.15, 0.2) is 5.78 Å². The Kier molecular flexibility index (Phi) is 3.60. The fourth-order valence-corrected chi connectivity index (χ4v) is 4.50. The normalized spacial score (nSPS) is 20.0. The molecule has 0 amide bonds. The SMILES string of the molecule is O=C1CCC2c3ccccc3Sc3ccc(C(F)(F)F)cc3N2C1. The molecule has 2 aromatic carbocycles. The number of piperidine rings is 1. The van der Waals surface area contributed by atoms with Gasteiger partial charge in [-0.3, -0.25) is 4.79 Å². The molecule has 0 spiro atoms. The summed E-state index contributed by atoms with van der Waals surface area (Å²) in [6.45, 7) is 0.161. The maximum Gasteiger partial charge on any atom is 0.416 e. The van der Waals surface area contributed by atoms with Crippen molar-refractivity contribution in [1.82, 2.24) is 0 Å². The Balaban J connectivity index is 1.90. The minimum absolute atomic E-state index is 0.0591. The van der Waals surface area contributed by atoms with Crippen LogP contribution in [0.25, 0.3) is 0 Å². The predicted octanol–water partition coefficient (Wildman–Crippen LogP) is 5.08. The first kappa shape index (κ1) is 15.6. The summed E-state index contributed by atoms with van der Waals surface area (Å²) in [5, 5.41) is 0. The van der Waals surface area contributed by atoms with Crippen molar-refractivity contribution < 1.29 is 18.0 Å². The molecule has 1 atom stereocenters. The molecule has 0 saturated carbocycles. The molecule has 124 valence electrons. The van der Waals surface area contributed by atoms with E-state index >= 15 is 0 Å². The number of hydrogen-bond donors (Lipinski definition) is 0. The summed E-state index contributed by atoms with van der Waals surface area (Å²) in [5.74, 6) is 0.0685. The Hall–Kier alpha value is -1.95. The fourth-order valence-electron chi connectivity index (χ4n) is 3.38. The highest BCUT2D eigenvalue weighted by Gasteiger charge is 2.36. The molecule has 0 aliphatic carbocycles. The second-order valence-electron chi connectivity index (χ2n) is 6.04. The van der Waals surface area contributed by atoms with Gasteiger partial charge in [0.25, 0.3) is 0 Å². The van der Waals surface area contributed by atoms with Gasteiger partial charge in [0.2, 0.25) is 0 Å². The Morgan fingerprint density at radius 3 is 2.67 bits per heavy atom. The van der Waals surface area contributed by atoms with E-state index in [-0.39, 0.29) is 18.4 Å². The zero-order valence-corrected chi connectivity index (χ0v) is 13.5. The van der Waals surface area contributed by atoms with Gasteiger partial charge < -0.3 is 4.90 Å². The van der Waals surface area contributed by atoms with Crippen LogP contribution in [-0.2, 0) is 11.0 Å². The van der Waals surface area contributed by atoms with E-state index in [2.05, 4.69) is 0 Å². The van der Waals surface area contributed by atoms with Crippen LogP contribution in [-0.4, -0.2) is 12.3 Å². The molecule has 4 rings (SSSR count). The second-order valence-corrected chi connectivity index (χ2v) is 7.12. The van der Waals surface area contributed by atoms with Crippen LogP contribution in [0.2, 0.25) is 0 Å². The van der Waals surface area contributed by atoms with E-state index in [4.69, 9.17) is 0 Å². The first-order chi connectivity index (χ1) is 11.4. The number of fused-ring (bicyclic) bond motifs is 5. The van der Waals surface area contributed by atoms with E-state index in [1.54, 1.807) is 0 Å². The molecule has 6 heteroatoms. The number of anilines is 1. The molecule has 2 aromatic rings. The quantitative estimate of drug-likeness (QED) is 0.661. The fraction of sp³-hybridized carbons (Fsp3) is 0.278. The number of carbonyl (C=O) groups excluding carboxylic acids is 1. The number of alkyl halides is 3. The molecule has 2 nitrogen and oxygen atoms in total. The van der Waals surface area contributed by atoms with Gasteiger partial charge in [-0.05, 0) is 36.2 Å². The van der Waals surface area contributed by atoms with Crippen molar-refractivity contribution in [3.05, 3.63) is 53.6 Å². The molecular formula is C18H14F3NOS. The second kappa shape index (κ2) is 5.55. The Bertz CT molecular complexity index is 818. The standard InChI is InChI=1S/C18H14F3NOS/c19-18(20,21)11-5-8-17-15(9-11)22-10-12(23)6-7-14(22)13-3-1-2-4-16(13)24-17/h1-5,8-9,14H,6-7,10H2. The number of carbonyl (C=O) groups is 1. The van der Waals surface area contributed by atoms with Gasteiger partial charge in [0.05, 0.1) is 23.8 Å². The van der Waals surface area contributed by atoms with Crippen LogP contribution in [0.5, 0.6) is 0 Å². The predicted molar refractivity (Wildman–Crippen MR) is 86.3 cm³/mol. The third kappa shape index (κ3) is 2.59. The van der Waals surface area contributed by atoms with Crippen LogP contribution in [0.15, 0.2) is 52.3 Å². The van der Waals surface area contributed by atoms with Gasteiger partial charge in [-0.2, -0.15) is 13.2 Å². The summed E-state index contributed by atoms with van der Waals surface area (Å²) < 4.78 is 39.4. The maximum atomic E-state index is 13.1. The summed E-state index contributed by atoms with van der Waals surface area (Å²) in [5.41, 5.74) is 0.911. The summed E-state index contributed by atoms with van der Waals surface area (Å²) >= 11 is 1.47. The Morgan fingerprint density at radius 2 is 1.88 bits per heavy atom. The first-order valence-electron chi connectivity index (χ1n) is 7.70. The number of Topliss-reactive ketones (excluding diaryl/α,β-unsaturated/α-hetero) is 1. The third-order valence-electron chi connectivity index (χ3n) is 4.51. The van der Waals surface area contributed by atoms with Crippen LogP contribution in [0, 0.1) is 0 Å². The molecule has 0 radical (unpaired) electrons. The molecule has 2 aliphatic heterocycles. The number of nitrogens with zero attached hydrogens (tertiary/aromatic N) is 1. The topological polar surface area (TPSA) is 20.3 Å². The molecule has 0 aromatic heterocycles. The van der Waals surface area contributed by atoms with E-state index in [0.717, 1.165) is 21.4 Å². The lowest BCUT2D eigenvalue weighted by atomic mass is 9.93.